The topological polar surface area (TPSA) is 70.2 Å². The minimum atomic E-state index is -3.64. The molecule has 1 aromatic rings. The van der Waals surface area contributed by atoms with E-state index in [1.165, 1.54) is 12.8 Å². The highest BCUT2D eigenvalue weighted by molar-refractivity contribution is 7.89. The first-order chi connectivity index (χ1) is 10.7. The first kappa shape index (κ1) is 18.2. The Kier molecular flexibility index (Phi) is 5.65. The van der Waals surface area contributed by atoms with Gasteiger partial charge in [0.2, 0.25) is 0 Å². The van der Waals surface area contributed by atoms with Crippen LogP contribution in [-0.2, 0) is 15.4 Å². The van der Waals surface area contributed by atoms with E-state index in [4.69, 9.17) is 12.2 Å². The van der Waals surface area contributed by atoms with Crippen molar-refractivity contribution in [3.8, 4) is 0 Å². The SMILES string of the molecule is CC(C)(C)c1ccc(S(=O)(=O)NNC(=S)NC2CCCC2)cc1. The molecule has 0 spiro atoms. The third-order valence-electron chi connectivity index (χ3n) is 4.02. The Morgan fingerprint density at radius 2 is 1.70 bits per heavy atom. The molecule has 0 saturated heterocycles. The zero-order valence-electron chi connectivity index (χ0n) is 13.8. The van der Waals surface area contributed by atoms with E-state index in [1.807, 2.05) is 12.1 Å². The van der Waals surface area contributed by atoms with E-state index in [-0.39, 0.29) is 10.3 Å². The van der Waals surface area contributed by atoms with Crippen LogP contribution in [0.3, 0.4) is 0 Å². The molecule has 128 valence electrons. The lowest BCUT2D eigenvalue weighted by atomic mass is 9.87. The molecule has 7 heteroatoms. The molecule has 5 nitrogen and oxygen atoms in total. The molecule has 0 unspecified atom stereocenters. The maximum absolute atomic E-state index is 12.3. The Bertz CT molecular complexity index is 643. The van der Waals surface area contributed by atoms with E-state index in [9.17, 15) is 8.42 Å². The summed E-state index contributed by atoms with van der Waals surface area (Å²) in [5.41, 5.74) is 3.65. The van der Waals surface area contributed by atoms with Crippen LogP contribution < -0.4 is 15.6 Å². The van der Waals surface area contributed by atoms with Gasteiger partial charge in [0.25, 0.3) is 10.0 Å². The summed E-state index contributed by atoms with van der Waals surface area (Å²) >= 11 is 5.13. The van der Waals surface area contributed by atoms with Crippen LogP contribution in [0.2, 0.25) is 0 Å². The summed E-state index contributed by atoms with van der Waals surface area (Å²) < 4.78 is 24.5. The van der Waals surface area contributed by atoms with Crippen LogP contribution in [0.5, 0.6) is 0 Å². The number of rotatable bonds is 4. The predicted molar refractivity (Wildman–Crippen MR) is 96.6 cm³/mol. The van der Waals surface area contributed by atoms with Crippen molar-refractivity contribution in [3.05, 3.63) is 29.8 Å². The molecule has 0 aliphatic heterocycles. The van der Waals surface area contributed by atoms with Gasteiger partial charge in [-0.2, -0.15) is 0 Å². The second kappa shape index (κ2) is 7.15. The number of nitrogens with one attached hydrogen (secondary N) is 3. The Morgan fingerprint density at radius 3 is 2.22 bits per heavy atom. The zero-order valence-corrected chi connectivity index (χ0v) is 15.5. The Hall–Kier alpha value is -1.18. The zero-order chi connectivity index (χ0) is 17.1. The summed E-state index contributed by atoms with van der Waals surface area (Å²) in [4.78, 5) is 2.54. The molecule has 0 aromatic heterocycles. The van der Waals surface area contributed by atoms with E-state index in [0.717, 1.165) is 18.4 Å². The maximum atomic E-state index is 12.3. The molecule has 1 aromatic carbocycles. The van der Waals surface area contributed by atoms with Gasteiger partial charge in [-0.05, 0) is 48.2 Å². The molecule has 0 radical (unpaired) electrons. The van der Waals surface area contributed by atoms with Crippen molar-refractivity contribution < 1.29 is 8.42 Å². The van der Waals surface area contributed by atoms with Gasteiger partial charge in [-0.15, -0.1) is 4.83 Å². The maximum Gasteiger partial charge on any atom is 0.257 e. The van der Waals surface area contributed by atoms with Crippen LogP contribution in [0.4, 0.5) is 0 Å². The van der Waals surface area contributed by atoms with Gasteiger partial charge in [-0.3, -0.25) is 5.43 Å². The molecule has 1 saturated carbocycles. The second-order valence-corrected chi connectivity index (χ2v) is 9.05. The highest BCUT2D eigenvalue weighted by Crippen LogP contribution is 2.23. The van der Waals surface area contributed by atoms with Crippen molar-refractivity contribution in [2.45, 2.75) is 62.8 Å². The van der Waals surface area contributed by atoms with Gasteiger partial charge in [-0.1, -0.05) is 45.7 Å². The molecule has 0 bridgehead atoms. The quantitative estimate of drug-likeness (QED) is 0.572. The summed E-state index contributed by atoms with van der Waals surface area (Å²) in [6.45, 7) is 6.26. The van der Waals surface area contributed by atoms with Gasteiger partial charge < -0.3 is 5.32 Å². The highest BCUT2D eigenvalue weighted by Gasteiger charge is 2.19. The molecule has 0 heterocycles. The van der Waals surface area contributed by atoms with Gasteiger partial charge in [-0.25, -0.2) is 8.42 Å². The number of sulfonamides is 1. The van der Waals surface area contributed by atoms with Crippen molar-refractivity contribution in [1.29, 1.82) is 0 Å². The third-order valence-corrected chi connectivity index (χ3v) is 5.50. The predicted octanol–water partition coefficient (Wildman–Crippen LogP) is 2.58. The van der Waals surface area contributed by atoms with E-state index in [2.05, 4.69) is 36.3 Å². The number of hydrazine groups is 1. The second-order valence-electron chi connectivity index (χ2n) is 6.96. The minimum absolute atomic E-state index is 0.0132. The van der Waals surface area contributed by atoms with Gasteiger partial charge >= 0.3 is 0 Å². The lowest BCUT2D eigenvalue weighted by Crippen LogP contribution is -2.49. The van der Waals surface area contributed by atoms with Crippen molar-refractivity contribution in [3.63, 3.8) is 0 Å². The first-order valence-electron chi connectivity index (χ1n) is 7.87. The van der Waals surface area contributed by atoms with E-state index >= 15 is 0 Å². The molecular formula is C16H25N3O2S2. The van der Waals surface area contributed by atoms with Crippen molar-refractivity contribution in [2.75, 3.05) is 0 Å². The van der Waals surface area contributed by atoms with Crippen LogP contribution in [-0.4, -0.2) is 19.6 Å². The Balaban J connectivity index is 1.94. The van der Waals surface area contributed by atoms with E-state index in [0.29, 0.717) is 11.2 Å². The molecule has 2 rings (SSSR count). The average molecular weight is 356 g/mol. The summed E-state index contributed by atoms with van der Waals surface area (Å²) in [5, 5.41) is 3.44. The standard InChI is InChI=1S/C16H25N3O2S2/c1-16(2,3)12-8-10-14(11-9-12)23(20,21)19-18-15(22)17-13-6-4-5-7-13/h8-11,13,19H,4-7H2,1-3H3,(H2,17,18,22). The molecule has 0 atom stereocenters. The smallest absolute Gasteiger partial charge is 0.257 e. The van der Waals surface area contributed by atoms with Crippen molar-refractivity contribution in [2.24, 2.45) is 0 Å². The monoisotopic (exact) mass is 355 g/mol. The first-order valence-corrected chi connectivity index (χ1v) is 9.76. The van der Waals surface area contributed by atoms with E-state index < -0.39 is 10.0 Å². The average Bonchev–Trinajstić information content (AvgIpc) is 2.97. The highest BCUT2D eigenvalue weighted by atomic mass is 32.2. The van der Waals surface area contributed by atoms with Crippen LogP contribution in [0.15, 0.2) is 29.2 Å². The summed E-state index contributed by atoms with van der Waals surface area (Å²) in [7, 11) is -3.64. The van der Waals surface area contributed by atoms with Crippen LogP contribution in [0.1, 0.15) is 52.0 Å². The van der Waals surface area contributed by atoms with Gasteiger partial charge in [0.15, 0.2) is 5.11 Å². The fourth-order valence-corrected chi connectivity index (χ4v) is 3.73. The molecule has 0 amide bonds. The van der Waals surface area contributed by atoms with Gasteiger partial charge in [0.1, 0.15) is 0 Å². The number of thiocarbonyl (C=S) groups is 1. The fraction of sp³-hybridized carbons (Fsp3) is 0.562. The molecule has 23 heavy (non-hydrogen) atoms. The molecular weight excluding hydrogens is 330 g/mol. The Morgan fingerprint density at radius 1 is 1.13 bits per heavy atom. The van der Waals surface area contributed by atoms with Gasteiger partial charge in [0, 0.05) is 6.04 Å². The third kappa shape index (κ3) is 5.16. The van der Waals surface area contributed by atoms with Crippen molar-refractivity contribution >= 4 is 27.4 Å². The minimum Gasteiger partial charge on any atom is -0.359 e. The van der Waals surface area contributed by atoms with Crippen LogP contribution in [0, 0.1) is 0 Å². The summed E-state index contributed by atoms with van der Waals surface area (Å²) in [5.74, 6) is 0. The normalized spacial score (nSPS) is 16.3. The van der Waals surface area contributed by atoms with Crippen LogP contribution in [0.25, 0.3) is 0 Å². The molecule has 3 N–H and O–H groups in total. The number of hydrogen-bond acceptors (Lipinski definition) is 3. The van der Waals surface area contributed by atoms with Gasteiger partial charge in [0.05, 0.1) is 4.90 Å². The van der Waals surface area contributed by atoms with Crippen molar-refractivity contribution in [1.82, 2.24) is 15.6 Å². The van der Waals surface area contributed by atoms with E-state index in [1.54, 1.807) is 12.1 Å². The lowest BCUT2D eigenvalue weighted by Gasteiger charge is -2.19. The summed E-state index contributed by atoms with van der Waals surface area (Å²) in [6, 6.07) is 7.23. The molecule has 1 fully saturated rings. The number of benzene rings is 1. The summed E-state index contributed by atoms with van der Waals surface area (Å²) in [6.07, 6.45) is 4.52. The lowest BCUT2D eigenvalue weighted by molar-refractivity contribution is 0.570. The number of hydrogen-bond donors (Lipinski definition) is 3. The van der Waals surface area contributed by atoms with Crippen LogP contribution >= 0.6 is 12.2 Å². The Labute approximate surface area is 144 Å². The molecule has 1 aliphatic rings. The molecule has 1 aliphatic carbocycles. The fourth-order valence-electron chi connectivity index (χ4n) is 2.60. The largest absolute Gasteiger partial charge is 0.359 e.